The van der Waals surface area contributed by atoms with E-state index in [0.717, 1.165) is 23.1 Å². The Bertz CT molecular complexity index is 747. The second-order valence-corrected chi connectivity index (χ2v) is 5.19. The molecule has 2 aromatic carbocycles. The molecule has 20 heavy (non-hydrogen) atoms. The lowest BCUT2D eigenvalue weighted by Gasteiger charge is -2.10. The van der Waals surface area contributed by atoms with Crippen molar-refractivity contribution in [2.24, 2.45) is 0 Å². The fraction of sp³-hybridized carbons (Fsp3) is 0.167. The summed E-state index contributed by atoms with van der Waals surface area (Å²) in [6, 6.07) is 16.9. The van der Waals surface area contributed by atoms with Crippen molar-refractivity contribution in [2.45, 2.75) is 20.4 Å². The quantitative estimate of drug-likeness (QED) is 0.753. The minimum absolute atomic E-state index is 0.845. The van der Waals surface area contributed by atoms with Crippen molar-refractivity contribution < 1.29 is 0 Å². The Morgan fingerprint density at radius 1 is 1.00 bits per heavy atom. The van der Waals surface area contributed by atoms with Gasteiger partial charge in [0.1, 0.15) is 0 Å². The third kappa shape index (κ3) is 2.64. The zero-order chi connectivity index (χ0) is 13.9. The van der Waals surface area contributed by atoms with E-state index in [1.54, 1.807) is 0 Å². The van der Waals surface area contributed by atoms with E-state index in [-0.39, 0.29) is 0 Å². The van der Waals surface area contributed by atoms with Crippen molar-refractivity contribution in [3.05, 3.63) is 71.4 Å². The molecule has 0 saturated carbocycles. The first kappa shape index (κ1) is 12.7. The Morgan fingerprint density at radius 2 is 1.90 bits per heavy atom. The first-order chi connectivity index (χ1) is 9.72. The molecule has 3 rings (SSSR count). The van der Waals surface area contributed by atoms with E-state index in [4.69, 9.17) is 0 Å². The summed E-state index contributed by atoms with van der Waals surface area (Å²) in [5.41, 5.74) is 6.14. The molecule has 2 nitrogen and oxygen atoms in total. The zero-order valence-corrected chi connectivity index (χ0v) is 11.9. The van der Waals surface area contributed by atoms with Gasteiger partial charge in [0, 0.05) is 23.8 Å². The van der Waals surface area contributed by atoms with Crippen molar-refractivity contribution in [3.8, 4) is 0 Å². The Hall–Kier alpha value is -2.35. The van der Waals surface area contributed by atoms with Crippen LogP contribution in [0.15, 0.2) is 54.7 Å². The van der Waals surface area contributed by atoms with E-state index >= 15 is 0 Å². The monoisotopic (exact) mass is 262 g/mol. The molecule has 0 fully saturated rings. The summed E-state index contributed by atoms with van der Waals surface area (Å²) >= 11 is 0. The van der Waals surface area contributed by atoms with E-state index < -0.39 is 0 Å². The van der Waals surface area contributed by atoms with Gasteiger partial charge < -0.3 is 5.32 Å². The summed E-state index contributed by atoms with van der Waals surface area (Å²) in [7, 11) is 0. The minimum Gasteiger partial charge on any atom is -0.381 e. The van der Waals surface area contributed by atoms with Crippen LogP contribution in [0.3, 0.4) is 0 Å². The number of nitrogens with one attached hydrogen (secondary N) is 1. The first-order valence-electron chi connectivity index (χ1n) is 6.87. The Labute approximate surface area is 119 Å². The fourth-order valence-electron chi connectivity index (χ4n) is 2.43. The maximum atomic E-state index is 4.34. The van der Waals surface area contributed by atoms with Crippen LogP contribution in [0.4, 0.5) is 5.69 Å². The van der Waals surface area contributed by atoms with E-state index in [0.29, 0.717) is 0 Å². The molecule has 100 valence electrons. The molecule has 0 aliphatic rings. The molecule has 0 spiro atoms. The van der Waals surface area contributed by atoms with Crippen LogP contribution in [-0.4, -0.2) is 4.98 Å². The van der Waals surface area contributed by atoms with Crippen LogP contribution in [0, 0.1) is 13.8 Å². The number of anilines is 1. The van der Waals surface area contributed by atoms with Crippen LogP contribution in [0.5, 0.6) is 0 Å². The average Bonchev–Trinajstić information content (AvgIpc) is 2.46. The van der Waals surface area contributed by atoms with Gasteiger partial charge in [0.15, 0.2) is 0 Å². The van der Waals surface area contributed by atoms with Crippen molar-refractivity contribution >= 4 is 16.6 Å². The Morgan fingerprint density at radius 3 is 2.75 bits per heavy atom. The van der Waals surface area contributed by atoms with Gasteiger partial charge in [-0.3, -0.25) is 4.98 Å². The molecule has 0 atom stereocenters. The number of aryl methyl sites for hydroxylation is 2. The maximum Gasteiger partial charge on any atom is 0.0703 e. The molecule has 0 radical (unpaired) electrons. The van der Waals surface area contributed by atoms with Crippen molar-refractivity contribution in [2.75, 3.05) is 5.32 Å². The fourth-order valence-corrected chi connectivity index (χ4v) is 2.43. The lowest BCUT2D eigenvalue weighted by atomic mass is 10.1. The smallest absolute Gasteiger partial charge is 0.0703 e. The number of pyridine rings is 1. The van der Waals surface area contributed by atoms with Crippen molar-refractivity contribution in [3.63, 3.8) is 0 Å². The lowest BCUT2D eigenvalue weighted by molar-refractivity contribution is 1.11. The highest BCUT2D eigenvalue weighted by Crippen LogP contribution is 2.18. The molecule has 0 saturated heterocycles. The van der Waals surface area contributed by atoms with Crippen LogP contribution in [0.2, 0.25) is 0 Å². The van der Waals surface area contributed by atoms with Crippen LogP contribution < -0.4 is 5.32 Å². The summed E-state index contributed by atoms with van der Waals surface area (Å²) in [4.78, 5) is 4.34. The number of aromatic nitrogens is 1. The predicted molar refractivity (Wildman–Crippen MR) is 85.0 cm³/mol. The van der Waals surface area contributed by atoms with Gasteiger partial charge in [-0.25, -0.2) is 0 Å². The minimum atomic E-state index is 0.845. The van der Waals surface area contributed by atoms with Gasteiger partial charge >= 0.3 is 0 Å². The van der Waals surface area contributed by atoms with E-state index in [2.05, 4.69) is 66.6 Å². The van der Waals surface area contributed by atoms with Crippen LogP contribution in [-0.2, 0) is 6.54 Å². The molecule has 0 amide bonds. The molecular weight excluding hydrogens is 244 g/mol. The average molecular weight is 262 g/mol. The third-order valence-corrected chi connectivity index (χ3v) is 3.58. The van der Waals surface area contributed by atoms with Gasteiger partial charge in [0.05, 0.1) is 5.52 Å². The number of rotatable bonds is 3. The molecule has 1 N–H and O–H groups in total. The number of nitrogens with zero attached hydrogens (tertiary/aromatic N) is 1. The summed E-state index contributed by atoms with van der Waals surface area (Å²) < 4.78 is 0. The Balaban J connectivity index is 1.79. The van der Waals surface area contributed by atoms with Crippen LogP contribution in [0.25, 0.3) is 10.9 Å². The van der Waals surface area contributed by atoms with Gasteiger partial charge in [-0.1, -0.05) is 29.8 Å². The molecule has 0 aliphatic heterocycles. The van der Waals surface area contributed by atoms with E-state index in [9.17, 15) is 0 Å². The molecule has 0 bridgehead atoms. The van der Waals surface area contributed by atoms with Crippen molar-refractivity contribution in [1.29, 1.82) is 0 Å². The molecule has 0 aliphatic carbocycles. The van der Waals surface area contributed by atoms with Gasteiger partial charge in [0.2, 0.25) is 0 Å². The maximum absolute atomic E-state index is 4.34. The largest absolute Gasteiger partial charge is 0.381 e. The van der Waals surface area contributed by atoms with Crippen LogP contribution >= 0.6 is 0 Å². The zero-order valence-electron chi connectivity index (χ0n) is 11.9. The summed E-state index contributed by atoms with van der Waals surface area (Å²) in [5.74, 6) is 0. The lowest BCUT2D eigenvalue weighted by Crippen LogP contribution is -2.01. The molecule has 3 aromatic rings. The normalized spacial score (nSPS) is 10.7. The number of benzene rings is 2. The van der Waals surface area contributed by atoms with E-state index in [1.807, 2.05) is 12.3 Å². The SMILES string of the molecule is Cc1ccc(CNc2ccc3ncccc3c2)c(C)c1. The second kappa shape index (κ2) is 5.33. The van der Waals surface area contributed by atoms with Crippen molar-refractivity contribution in [1.82, 2.24) is 4.98 Å². The van der Waals surface area contributed by atoms with Gasteiger partial charge in [-0.15, -0.1) is 0 Å². The highest BCUT2D eigenvalue weighted by Gasteiger charge is 2.00. The Kier molecular flexibility index (Phi) is 3.38. The summed E-state index contributed by atoms with van der Waals surface area (Å²) in [6.07, 6.45) is 1.82. The highest BCUT2D eigenvalue weighted by molar-refractivity contribution is 5.82. The molecule has 0 unspecified atom stereocenters. The standard InChI is InChI=1S/C18H18N2/c1-13-5-6-16(14(2)10-13)12-20-17-7-8-18-15(11-17)4-3-9-19-18/h3-11,20H,12H2,1-2H3. The number of fused-ring (bicyclic) bond motifs is 1. The summed E-state index contributed by atoms with van der Waals surface area (Å²) in [6.45, 7) is 5.13. The predicted octanol–water partition coefficient (Wildman–Crippen LogP) is 4.46. The first-order valence-corrected chi connectivity index (χ1v) is 6.87. The third-order valence-electron chi connectivity index (χ3n) is 3.58. The molecule has 2 heteroatoms. The number of hydrogen-bond donors (Lipinski definition) is 1. The topological polar surface area (TPSA) is 24.9 Å². The van der Waals surface area contributed by atoms with Gasteiger partial charge in [-0.05, 0) is 49.2 Å². The van der Waals surface area contributed by atoms with Gasteiger partial charge in [0.25, 0.3) is 0 Å². The second-order valence-electron chi connectivity index (χ2n) is 5.19. The molecule has 1 aromatic heterocycles. The molecular formula is C18H18N2. The number of hydrogen-bond acceptors (Lipinski definition) is 2. The van der Waals surface area contributed by atoms with Gasteiger partial charge in [-0.2, -0.15) is 0 Å². The van der Waals surface area contributed by atoms with Crippen LogP contribution in [0.1, 0.15) is 16.7 Å². The highest BCUT2D eigenvalue weighted by atomic mass is 14.9. The molecule has 1 heterocycles. The van der Waals surface area contributed by atoms with E-state index in [1.165, 1.54) is 16.7 Å². The summed E-state index contributed by atoms with van der Waals surface area (Å²) in [5, 5.41) is 4.65.